The van der Waals surface area contributed by atoms with Crippen molar-refractivity contribution in [2.45, 2.75) is 13.5 Å². The van der Waals surface area contributed by atoms with Gasteiger partial charge in [-0.15, -0.1) is 0 Å². The zero-order valence-electron chi connectivity index (χ0n) is 9.70. The highest BCUT2D eigenvalue weighted by atomic mass is 19.1. The Morgan fingerprint density at radius 3 is 2.53 bits per heavy atom. The standard InChI is InChI=1S/C14H15FN2/c1-11-6-5-7-12(14(11)15)10-16-17-13-8-3-2-4-9-13/h2-9,16-17H,10H2,1H3. The predicted molar refractivity (Wildman–Crippen MR) is 68.0 cm³/mol. The second kappa shape index (κ2) is 5.46. The first kappa shape index (κ1) is 11.6. The number of halogens is 1. The average molecular weight is 230 g/mol. The van der Waals surface area contributed by atoms with Crippen LogP contribution in [0.5, 0.6) is 0 Å². The van der Waals surface area contributed by atoms with Crippen LogP contribution >= 0.6 is 0 Å². The number of anilines is 1. The van der Waals surface area contributed by atoms with Crippen LogP contribution in [0, 0.1) is 12.7 Å². The van der Waals surface area contributed by atoms with E-state index in [4.69, 9.17) is 0 Å². The molecule has 88 valence electrons. The van der Waals surface area contributed by atoms with Crippen LogP contribution in [0.15, 0.2) is 48.5 Å². The van der Waals surface area contributed by atoms with Crippen LogP contribution in [-0.2, 0) is 6.54 Å². The number of rotatable bonds is 4. The zero-order chi connectivity index (χ0) is 12.1. The van der Waals surface area contributed by atoms with Gasteiger partial charge in [-0.2, -0.15) is 0 Å². The summed E-state index contributed by atoms with van der Waals surface area (Å²) in [6.07, 6.45) is 0. The van der Waals surface area contributed by atoms with Gasteiger partial charge in [0.05, 0.1) is 0 Å². The Hall–Kier alpha value is -1.87. The molecule has 2 aromatic rings. The molecule has 2 nitrogen and oxygen atoms in total. The third-order valence-electron chi connectivity index (χ3n) is 2.56. The van der Waals surface area contributed by atoms with Gasteiger partial charge in [-0.3, -0.25) is 0 Å². The fourth-order valence-corrected chi connectivity index (χ4v) is 1.61. The van der Waals surface area contributed by atoms with Gasteiger partial charge in [0, 0.05) is 17.8 Å². The summed E-state index contributed by atoms with van der Waals surface area (Å²) >= 11 is 0. The normalized spacial score (nSPS) is 10.2. The molecule has 0 radical (unpaired) electrons. The molecule has 0 aliphatic rings. The van der Waals surface area contributed by atoms with Crippen LogP contribution in [0.25, 0.3) is 0 Å². The number of aryl methyl sites for hydroxylation is 1. The van der Waals surface area contributed by atoms with Gasteiger partial charge in [0.1, 0.15) is 5.82 Å². The molecule has 17 heavy (non-hydrogen) atoms. The maximum atomic E-state index is 13.7. The maximum Gasteiger partial charge on any atom is 0.130 e. The molecule has 0 aromatic heterocycles. The van der Waals surface area contributed by atoms with Crippen molar-refractivity contribution in [3.63, 3.8) is 0 Å². The van der Waals surface area contributed by atoms with Crippen molar-refractivity contribution in [3.05, 3.63) is 65.5 Å². The maximum absolute atomic E-state index is 13.7. The summed E-state index contributed by atoms with van der Waals surface area (Å²) in [5, 5.41) is 0. The molecule has 0 aliphatic heterocycles. The zero-order valence-corrected chi connectivity index (χ0v) is 9.70. The Kier molecular flexibility index (Phi) is 3.73. The monoisotopic (exact) mass is 230 g/mol. The molecule has 0 fully saturated rings. The largest absolute Gasteiger partial charge is 0.321 e. The number of hydrogen-bond donors (Lipinski definition) is 2. The minimum Gasteiger partial charge on any atom is -0.321 e. The van der Waals surface area contributed by atoms with E-state index < -0.39 is 0 Å². The average Bonchev–Trinajstić information content (AvgIpc) is 2.36. The molecule has 0 saturated carbocycles. The van der Waals surface area contributed by atoms with Crippen molar-refractivity contribution >= 4 is 5.69 Å². The second-order valence-corrected chi connectivity index (χ2v) is 3.89. The lowest BCUT2D eigenvalue weighted by Crippen LogP contribution is -2.21. The molecule has 2 aromatic carbocycles. The summed E-state index contributed by atoms with van der Waals surface area (Å²) in [4.78, 5) is 0. The van der Waals surface area contributed by atoms with E-state index in [0.717, 1.165) is 5.69 Å². The van der Waals surface area contributed by atoms with Gasteiger partial charge in [-0.25, -0.2) is 9.82 Å². The Balaban J connectivity index is 1.93. The van der Waals surface area contributed by atoms with Crippen LogP contribution < -0.4 is 10.9 Å². The second-order valence-electron chi connectivity index (χ2n) is 3.89. The van der Waals surface area contributed by atoms with E-state index in [-0.39, 0.29) is 5.82 Å². The van der Waals surface area contributed by atoms with Gasteiger partial charge < -0.3 is 5.43 Å². The minimum absolute atomic E-state index is 0.144. The first-order valence-corrected chi connectivity index (χ1v) is 5.55. The molecule has 0 atom stereocenters. The first-order valence-electron chi connectivity index (χ1n) is 5.55. The number of hydrazine groups is 1. The summed E-state index contributed by atoms with van der Waals surface area (Å²) in [7, 11) is 0. The summed E-state index contributed by atoms with van der Waals surface area (Å²) in [6, 6.07) is 15.1. The fourth-order valence-electron chi connectivity index (χ4n) is 1.61. The third kappa shape index (κ3) is 3.04. The van der Waals surface area contributed by atoms with Gasteiger partial charge in [0.25, 0.3) is 0 Å². The van der Waals surface area contributed by atoms with Crippen LogP contribution in [0.1, 0.15) is 11.1 Å². The molecule has 0 aliphatic carbocycles. The van der Waals surface area contributed by atoms with E-state index in [1.807, 2.05) is 36.4 Å². The van der Waals surface area contributed by atoms with E-state index >= 15 is 0 Å². The van der Waals surface area contributed by atoms with Crippen molar-refractivity contribution in [3.8, 4) is 0 Å². The Morgan fingerprint density at radius 2 is 1.76 bits per heavy atom. The quantitative estimate of drug-likeness (QED) is 0.788. The molecule has 2 N–H and O–H groups in total. The van der Waals surface area contributed by atoms with Crippen LogP contribution in [0.3, 0.4) is 0 Å². The topological polar surface area (TPSA) is 24.1 Å². The lowest BCUT2D eigenvalue weighted by Gasteiger charge is -2.09. The molecule has 2 rings (SSSR count). The highest BCUT2D eigenvalue weighted by Crippen LogP contribution is 2.11. The van der Waals surface area contributed by atoms with E-state index in [9.17, 15) is 4.39 Å². The van der Waals surface area contributed by atoms with E-state index in [1.54, 1.807) is 19.1 Å². The molecule has 0 saturated heterocycles. The van der Waals surface area contributed by atoms with E-state index in [0.29, 0.717) is 17.7 Å². The number of hydrogen-bond acceptors (Lipinski definition) is 2. The van der Waals surface area contributed by atoms with Crippen molar-refractivity contribution in [1.29, 1.82) is 0 Å². The van der Waals surface area contributed by atoms with E-state index in [2.05, 4.69) is 10.9 Å². The SMILES string of the molecule is Cc1cccc(CNNc2ccccc2)c1F. The fraction of sp³-hybridized carbons (Fsp3) is 0.143. The summed E-state index contributed by atoms with van der Waals surface area (Å²) < 4.78 is 13.7. The van der Waals surface area contributed by atoms with Crippen LogP contribution in [0.2, 0.25) is 0 Å². The highest BCUT2D eigenvalue weighted by molar-refractivity contribution is 5.41. The third-order valence-corrected chi connectivity index (χ3v) is 2.56. The van der Waals surface area contributed by atoms with Crippen molar-refractivity contribution < 1.29 is 4.39 Å². The Bertz CT molecular complexity index is 483. The summed E-state index contributed by atoms with van der Waals surface area (Å²) in [5.74, 6) is -0.144. The van der Waals surface area contributed by atoms with Gasteiger partial charge in [0.2, 0.25) is 0 Å². The molecule has 0 bridgehead atoms. The smallest absolute Gasteiger partial charge is 0.130 e. The lowest BCUT2D eigenvalue weighted by atomic mass is 10.1. The predicted octanol–water partition coefficient (Wildman–Crippen LogP) is 3.25. The summed E-state index contributed by atoms with van der Waals surface area (Å²) in [6.45, 7) is 2.21. The van der Waals surface area contributed by atoms with Crippen molar-refractivity contribution in [2.24, 2.45) is 0 Å². The van der Waals surface area contributed by atoms with Crippen molar-refractivity contribution in [2.75, 3.05) is 5.43 Å². The number of para-hydroxylation sites is 1. The lowest BCUT2D eigenvalue weighted by molar-refractivity contribution is 0.591. The Morgan fingerprint density at radius 1 is 1.00 bits per heavy atom. The molecule has 3 heteroatoms. The van der Waals surface area contributed by atoms with Gasteiger partial charge in [-0.05, 0) is 24.6 Å². The van der Waals surface area contributed by atoms with Gasteiger partial charge >= 0.3 is 0 Å². The number of benzene rings is 2. The first-order chi connectivity index (χ1) is 8.27. The molecular weight excluding hydrogens is 215 g/mol. The van der Waals surface area contributed by atoms with Gasteiger partial charge in [-0.1, -0.05) is 36.4 Å². The molecular formula is C14H15FN2. The van der Waals surface area contributed by atoms with Crippen molar-refractivity contribution in [1.82, 2.24) is 5.43 Å². The summed E-state index contributed by atoms with van der Waals surface area (Å²) in [5.41, 5.74) is 8.31. The molecule has 0 amide bonds. The number of nitrogens with one attached hydrogen (secondary N) is 2. The molecule has 0 spiro atoms. The van der Waals surface area contributed by atoms with E-state index in [1.165, 1.54) is 0 Å². The highest BCUT2D eigenvalue weighted by Gasteiger charge is 2.03. The molecule has 0 heterocycles. The molecule has 0 unspecified atom stereocenters. The Labute approximate surface area is 100 Å². The minimum atomic E-state index is -0.144. The van der Waals surface area contributed by atoms with Crippen LogP contribution in [0.4, 0.5) is 10.1 Å². The van der Waals surface area contributed by atoms with Gasteiger partial charge in [0.15, 0.2) is 0 Å². The van der Waals surface area contributed by atoms with Crippen LogP contribution in [-0.4, -0.2) is 0 Å².